The summed E-state index contributed by atoms with van der Waals surface area (Å²) in [4.78, 5) is 0. The molecular weight excluding hydrogens is 228 g/mol. The molecular formula is C14H23O2Si. The minimum Gasteiger partial charge on any atom is -0.541 e. The fourth-order valence-electron chi connectivity index (χ4n) is 1.23. The molecule has 1 aromatic carbocycles. The van der Waals surface area contributed by atoms with E-state index in [2.05, 4.69) is 40.8 Å². The van der Waals surface area contributed by atoms with Gasteiger partial charge >= 0.3 is 0 Å². The summed E-state index contributed by atoms with van der Waals surface area (Å²) in [5.41, 5.74) is 0.944. The lowest BCUT2D eigenvalue weighted by atomic mass is 10.2. The van der Waals surface area contributed by atoms with Gasteiger partial charge in [-0.15, -0.1) is 0 Å². The minimum atomic E-state index is -1.82. The molecule has 0 aliphatic carbocycles. The van der Waals surface area contributed by atoms with E-state index in [0.29, 0.717) is 0 Å². The van der Waals surface area contributed by atoms with Gasteiger partial charge in [-0.25, -0.2) is 0 Å². The molecule has 0 aliphatic rings. The van der Waals surface area contributed by atoms with Crippen LogP contribution in [-0.4, -0.2) is 15.4 Å². The van der Waals surface area contributed by atoms with Crippen molar-refractivity contribution in [1.29, 1.82) is 0 Å². The van der Waals surface area contributed by atoms with E-state index in [-0.39, 0.29) is 5.04 Å². The van der Waals surface area contributed by atoms with E-state index in [1.165, 1.54) is 0 Å². The molecule has 0 saturated heterocycles. The molecule has 1 aromatic rings. The Morgan fingerprint density at radius 2 is 1.71 bits per heavy atom. The van der Waals surface area contributed by atoms with Gasteiger partial charge in [0.2, 0.25) is 0 Å². The summed E-state index contributed by atoms with van der Waals surface area (Å²) in [5, 5.41) is 0.176. The molecule has 0 N–H and O–H groups in total. The highest BCUT2D eigenvalue weighted by atomic mass is 28.4. The van der Waals surface area contributed by atoms with Gasteiger partial charge in [-0.2, -0.15) is 0 Å². The fourth-order valence-corrected chi connectivity index (χ4v) is 2.24. The molecule has 0 heterocycles. The van der Waals surface area contributed by atoms with Crippen LogP contribution in [0.4, 0.5) is 0 Å². The van der Waals surface area contributed by atoms with E-state index >= 15 is 0 Å². The molecule has 0 aliphatic heterocycles. The summed E-state index contributed by atoms with van der Waals surface area (Å²) in [7, 11) is -0.161. The predicted molar refractivity (Wildman–Crippen MR) is 75.3 cm³/mol. The van der Waals surface area contributed by atoms with Crippen LogP contribution in [0.25, 0.3) is 0 Å². The Hall–Kier alpha value is -0.963. The molecule has 0 bridgehead atoms. The van der Waals surface area contributed by atoms with Crippen molar-refractivity contribution in [3.63, 3.8) is 0 Å². The summed E-state index contributed by atoms with van der Waals surface area (Å²) in [5.74, 6) is 1.59. The minimum absolute atomic E-state index is 0.176. The van der Waals surface area contributed by atoms with Crippen LogP contribution in [-0.2, 0) is 0 Å². The normalized spacial score (nSPS) is 12.4. The van der Waals surface area contributed by atoms with Crippen LogP contribution in [0.1, 0.15) is 26.3 Å². The first-order valence-corrected chi connectivity index (χ1v) is 8.77. The third-order valence-electron chi connectivity index (χ3n) is 3.40. The first kappa shape index (κ1) is 14.1. The monoisotopic (exact) mass is 251 g/mol. The molecule has 1 radical (unpaired) electrons. The van der Waals surface area contributed by atoms with E-state index in [4.69, 9.17) is 9.16 Å². The number of methoxy groups -OCH3 is 1. The van der Waals surface area contributed by atoms with Gasteiger partial charge in [0.25, 0.3) is 8.32 Å². The van der Waals surface area contributed by atoms with Gasteiger partial charge in [0.15, 0.2) is 5.75 Å². The summed E-state index contributed by atoms with van der Waals surface area (Å²) >= 11 is 0. The lowest BCUT2D eigenvalue weighted by Gasteiger charge is -2.36. The number of hydrogen-bond acceptors (Lipinski definition) is 2. The third-order valence-corrected chi connectivity index (χ3v) is 7.74. The van der Waals surface area contributed by atoms with Crippen LogP contribution in [0, 0.1) is 6.92 Å². The zero-order chi connectivity index (χ0) is 13.3. The quantitative estimate of drug-likeness (QED) is 0.747. The summed E-state index contributed by atoms with van der Waals surface area (Å²) in [6.07, 6.45) is 0. The smallest absolute Gasteiger partial charge is 0.250 e. The largest absolute Gasteiger partial charge is 0.541 e. The topological polar surface area (TPSA) is 18.5 Å². The van der Waals surface area contributed by atoms with E-state index in [1.54, 1.807) is 7.11 Å². The first-order chi connectivity index (χ1) is 7.67. The molecule has 0 spiro atoms. The van der Waals surface area contributed by atoms with Crippen LogP contribution in [0.15, 0.2) is 18.2 Å². The van der Waals surface area contributed by atoms with Gasteiger partial charge in [0, 0.05) is 0 Å². The lowest BCUT2D eigenvalue weighted by molar-refractivity contribution is 0.386. The number of hydrogen-bond donors (Lipinski definition) is 0. The Kier molecular flexibility index (Phi) is 3.92. The summed E-state index contributed by atoms with van der Waals surface area (Å²) in [6, 6.07) is 5.78. The van der Waals surface area contributed by atoms with Crippen LogP contribution < -0.4 is 9.16 Å². The van der Waals surface area contributed by atoms with Crippen molar-refractivity contribution in [3.8, 4) is 11.5 Å². The van der Waals surface area contributed by atoms with Crippen molar-refractivity contribution in [2.75, 3.05) is 7.11 Å². The number of rotatable bonds is 3. The highest BCUT2D eigenvalue weighted by Crippen LogP contribution is 2.40. The zero-order valence-electron chi connectivity index (χ0n) is 11.8. The molecule has 95 valence electrons. The zero-order valence-corrected chi connectivity index (χ0v) is 12.8. The Balaban J connectivity index is 3.06. The van der Waals surface area contributed by atoms with Crippen LogP contribution in [0.5, 0.6) is 11.5 Å². The lowest BCUT2D eigenvalue weighted by Crippen LogP contribution is -2.43. The Labute approximate surface area is 106 Å². The third kappa shape index (κ3) is 3.25. The average molecular weight is 251 g/mol. The second kappa shape index (κ2) is 4.73. The van der Waals surface area contributed by atoms with Gasteiger partial charge in [-0.1, -0.05) is 26.8 Å². The number of benzene rings is 1. The molecule has 0 aromatic heterocycles. The van der Waals surface area contributed by atoms with Gasteiger partial charge in [0.05, 0.1) is 7.11 Å². The molecule has 0 unspecified atom stereocenters. The van der Waals surface area contributed by atoms with Crippen LogP contribution >= 0.6 is 0 Å². The van der Waals surface area contributed by atoms with Gasteiger partial charge in [-0.3, -0.25) is 0 Å². The maximum Gasteiger partial charge on any atom is 0.250 e. The molecule has 0 atom stereocenters. The molecule has 0 amide bonds. The maximum atomic E-state index is 6.24. The van der Waals surface area contributed by atoms with Crippen molar-refractivity contribution in [2.45, 2.75) is 38.9 Å². The average Bonchev–Trinajstić information content (AvgIpc) is 2.15. The fraction of sp³-hybridized carbons (Fsp3) is 0.500. The summed E-state index contributed by atoms with van der Waals surface area (Å²) < 4.78 is 11.6. The van der Waals surface area contributed by atoms with Gasteiger partial charge < -0.3 is 9.16 Å². The molecule has 1 rings (SSSR count). The van der Waals surface area contributed by atoms with Crippen molar-refractivity contribution >= 4 is 8.32 Å². The standard InChI is InChI=1S/C14H23O2Si/c1-11-8-9-12(15-5)13(10-11)16-17(6,7)14(2,3)4/h8-10H,1H2,2-7H3. The van der Waals surface area contributed by atoms with Gasteiger partial charge in [-0.05, 0) is 42.8 Å². The van der Waals surface area contributed by atoms with Crippen molar-refractivity contribution in [3.05, 3.63) is 30.7 Å². The maximum absolute atomic E-state index is 6.24. The van der Waals surface area contributed by atoms with Crippen molar-refractivity contribution < 1.29 is 9.16 Å². The van der Waals surface area contributed by atoms with E-state index in [9.17, 15) is 0 Å². The Morgan fingerprint density at radius 1 is 1.12 bits per heavy atom. The predicted octanol–water partition coefficient (Wildman–Crippen LogP) is 4.26. The van der Waals surface area contributed by atoms with E-state index in [1.807, 2.05) is 18.2 Å². The Bertz CT molecular complexity index is 392. The highest BCUT2D eigenvalue weighted by molar-refractivity contribution is 6.74. The second-order valence-electron chi connectivity index (χ2n) is 5.85. The summed E-state index contributed by atoms with van der Waals surface area (Å²) in [6.45, 7) is 15.0. The van der Waals surface area contributed by atoms with Crippen molar-refractivity contribution in [2.24, 2.45) is 0 Å². The molecule has 0 saturated carbocycles. The highest BCUT2D eigenvalue weighted by Gasteiger charge is 2.39. The van der Waals surface area contributed by atoms with E-state index in [0.717, 1.165) is 17.1 Å². The molecule has 3 heteroatoms. The van der Waals surface area contributed by atoms with Crippen LogP contribution in [0.3, 0.4) is 0 Å². The molecule has 0 fully saturated rings. The number of ether oxygens (including phenoxy) is 1. The Morgan fingerprint density at radius 3 is 2.18 bits per heavy atom. The van der Waals surface area contributed by atoms with Crippen LogP contribution in [0.2, 0.25) is 18.1 Å². The molecule has 2 nitrogen and oxygen atoms in total. The van der Waals surface area contributed by atoms with E-state index < -0.39 is 8.32 Å². The SMILES string of the molecule is [CH2]c1ccc(OC)c(O[Si](C)(C)C(C)(C)C)c1. The van der Waals surface area contributed by atoms with Gasteiger partial charge in [0.1, 0.15) is 5.75 Å². The first-order valence-electron chi connectivity index (χ1n) is 5.86. The molecule has 17 heavy (non-hydrogen) atoms. The van der Waals surface area contributed by atoms with Crippen molar-refractivity contribution in [1.82, 2.24) is 0 Å². The second-order valence-corrected chi connectivity index (χ2v) is 10.6.